The highest BCUT2D eigenvalue weighted by molar-refractivity contribution is 6.37. The Morgan fingerprint density at radius 3 is 2.89 bits per heavy atom. The molecule has 1 saturated heterocycles. The first-order valence-electron chi connectivity index (χ1n) is 6.46. The van der Waals surface area contributed by atoms with Gasteiger partial charge in [-0.3, -0.25) is 0 Å². The van der Waals surface area contributed by atoms with Crippen LogP contribution in [-0.2, 0) is 0 Å². The molecule has 19 heavy (non-hydrogen) atoms. The van der Waals surface area contributed by atoms with E-state index in [9.17, 15) is 0 Å². The van der Waals surface area contributed by atoms with E-state index in [1.165, 1.54) is 6.42 Å². The van der Waals surface area contributed by atoms with E-state index in [-0.39, 0.29) is 11.5 Å². The molecule has 1 aromatic carbocycles. The SMILES string of the molecule is CC1(C)CCCNC1c1nc2cc(Cl)cc(Cl)c2o1. The van der Waals surface area contributed by atoms with Crippen molar-refractivity contribution < 1.29 is 4.42 Å². The normalized spacial score (nSPS) is 22.8. The van der Waals surface area contributed by atoms with Gasteiger partial charge in [0.25, 0.3) is 0 Å². The van der Waals surface area contributed by atoms with Crippen molar-refractivity contribution in [2.24, 2.45) is 5.41 Å². The van der Waals surface area contributed by atoms with Crippen LogP contribution in [0.3, 0.4) is 0 Å². The minimum absolute atomic E-state index is 0.114. The zero-order valence-electron chi connectivity index (χ0n) is 11.0. The molecule has 1 aromatic heterocycles. The number of rotatable bonds is 1. The van der Waals surface area contributed by atoms with Crippen molar-refractivity contribution >= 4 is 34.3 Å². The van der Waals surface area contributed by atoms with E-state index in [0.29, 0.717) is 21.5 Å². The lowest BCUT2D eigenvalue weighted by molar-refractivity contribution is 0.157. The molecule has 2 heterocycles. The lowest BCUT2D eigenvalue weighted by Gasteiger charge is -2.37. The second-order valence-electron chi connectivity index (χ2n) is 5.77. The van der Waals surface area contributed by atoms with E-state index in [0.717, 1.165) is 18.5 Å². The molecule has 2 aromatic rings. The average Bonchev–Trinajstić information content (AvgIpc) is 2.72. The van der Waals surface area contributed by atoms with Gasteiger partial charge in [-0.25, -0.2) is 4.98 Å². The highest BCUT2D eigenvalue weighted by Gasteiger charge is 2.36. The lowest BCUT2D eigenvalue weighted by atomic mass is 9.77. The van der Waals surface area contributed by atoms with E-state index < -0.39 is 0 Å². The fourth-order valence-electron chi connectivity index (χ4n) is 2.73. The molecule has 0 bridgehead atoms. The van der Waals surface area contributed by atoms with Crippen molar-refractivity contribution in [2.75, 3.05) is 6.54 Å². The molecule has 0 amide bonds. The Kier molecular flexibility index (Phi) is 3.24. The molecule has 1 aliphatic heterocycles. The first-order chi connectivity index (χ1) is 8.97. The van der Waals surface area contributed by atoms with Gasteiger partial charge in [-0.05, 0) is 36.9 Å². The van der Waals surface area contributed by atoms with E-state index in [4.69, 9.17) is 27.6 Å². The van der Waals surface area contributed by atoms with Crippen molar-refractivity contribution in [2.45, 2.75) is 32.7 Å². The molecule has 0 saturated carbocycles. The van der Waals surface area contributed by atoms with Gasteiger partial charge in [-0.2, -0.15) is 0 Å². The Morgan fingerprint density at radius 2 is 2.16 bits per heavy atom. The highest BCUT2D eigenvalue weighted by Crippen LogP contribution is 2.41. The Labute approximate surface area is 122 Å². The maximum absolute atomic E-state index is 6.15. The van der Waals surface area contributed by atoms with Crippen LogP contribution in [0.1, 0.15) is 38.6 Å². The fourth-order valence-corrected chi connectivity index (χ4v) is 3.25. The Bertz CT molecular complexity index is 621. The average molecular weight is 299 g/mol. The monoisotopic (exact) mass is 298 g/mol. The third kappa shape index (κ3) is 2.35. The smallest absolute Gasteiger partial charge is 0.213 e. The van der Waals surface area contributed by atoms with Crippen LogP contribution in [-0.4, -0.2) is 11.5 Å². The summed E-state index contributed by atoms with van der Waals surface area (Å²) in [5.74, 6) is 0.698. The summed E-state index contributed by atoms with van der Waals surface area (Å²) in [6.07, 6.45) is 2.33. The molecule has 0 spiro atoms. The number of hydrogen-bond donors (Lipinski definition) is 1. The number of oxazole rings is 1. The number of hydrogen-bond acceptors (Lipinski definition) is 3. The minimum Gasteiger partial charge on any atom is -0.437 e. The summed E-state index contributed by atoms with van der Waals surface area (Å²) < 4.78 is 5.86. The number of fused-ring (bicyclic) bond motifs is 1. The quantitative estimate of drug-likeness (QED) is 0.837. The summed E-state index contributed by atoms with van der Waals surface area (Å²) in [5.41, 5.74) is 1.45. The summed E-state index contributed by atoms with van der Waals surface area (Å²) in [6.45, 7) is 5.45. The number of halogens is 2. The Morgan fingerprint density at radius 1 is 1.37 bits per heavy atom. The van der Waals surface area contributed by atoms with Crippen molar-refractivity contribution in [3.8, 4) is 0 Å². The van der Waals surface area contributed by atoms with E-state index >= 15 is 0 Å². The molecule has 102 valence electrons. The van der Waals surface area contributed by atoms with Crippen LogP contribution in [0.2, 0.25) is 10.0 Å². The molecular formula is C14H16Cl2N2O. The molecule has 0 radical (unpaired) electrons. The van der Waals surface area contributed by atoms with Gasteiger partial charge < -0.3 is 9.73 Å². The molecule has 3 nitrogen and oxygen atoms in total. The summed E-state index contributed by atoms with van der Waals surface area (Å²) in [4.78, 5) is 4.56. The topological polar surface area (TPSA) is 38.1 Å². The second kappa shape index (κ2) is 4.65. The van der Waals surface area contributed by atoms with Crippen LogP contribution in [0.15, 0.2) is 16.5 Å². The largest absolute Gasteiger partial charge is 0.437 e. The van der Waals surface area contributed by atoms with Crippen LogP contribution in [0.4, 0.5) is 0 Å². The molecular weight excluding hydrogens is 283 g/mol. The fraction of sp³-hybridized carbons (Fsp3) is 0.500. The Hall–Kier alpha value is -0.770. The second-order valence-corrected chi connectivity index (χ2v) is 6.61. The van der Waals surface area contributed by atoms with E-state index in [1.807, 2.05) is 0 Å². The minimum atomic E-state index is 0.114. The summed E-state index contributed by atoms with van der Waals surface area (Å²) >= 11 is 12.1. The zero-order chi connectivity index (χ0) is 13.6. The van der Waals surface area contributed by atoms with Crippen molar-refractivity contribution in [1.29, 1.82) is 0 Å². The van der Waals surface area contributed by atoms with Gasteiger partial charge in [0.1, 0.15) is 5.52 Å². The number of nitrogens with zero attached hydrogens (tertiary/aromatic N) is 1. The van der Waals surface area contributed by atoms with Gasteiger partial charge in [-0.15, -0.1) is 0 Å². The van der Waals surface area contributed by atoms with Crippen LogP contribution >= 0.6 is 23.2 Å². The third-order valence-corrected chi connectivity index (χ3v) is 4.30. The van der Waals surface area contributed by atoms with Crippen LogP contribution < -0.4 is 5.32 Å². The molecule has 5 heteroatoms. The summed E-state index contributed by atoms with van der Waals surface area (Å²) in [7, 11) is 0. The first kappa shape index (κ1) is 13.2. The van der Waals surface area contributed by atoms with Gasteiger partial charge in [0.15, 0.2) is 5.58 Å². The molecule has 3 rings (SSSR count). The maximum Gasteiger partial charge on any atom is 0.213 e. The highest BCUT2D eigenvalue weighted by atomic mass is 35.5. The summed E-state index contributed by atoms with van der Waals surface area (Å²) in [6, 6.07) is 3.58. The third-order valence-electron chi connectivity index (χ3n) is 3.80. The predicted molar refractivity (Wildman–Crippen MR) is 77.8 cm³/mol. The van der Waals surface area contributed by atoms with E-state index in [1.54, 1.807) is 12.1 Å². The standard InChI is InChI=1S/C14H16Cl2N2O/c1-14(2)4-3-5-17-12(14)13-18-10-7-8(15)6-9(16)11(10)19-13/h6-7,12,17H,3-5H2,1-2H3. The van der Waals surface area contributed by atoms with Gasteiger partial charge in [0, 0.05) is 5.02 Å². The van der Waals surface area contributed by atoms with Crippen LogP contribution in [0.5, 0.6) is 0 Å². The molecule has 0 aliphatic carbocycles. The van der Waals surface area contributed by atoms with Crippen molar-refractivity contribution in [3.63, 3.8) is 0 Å². The van der Waals surface area contributed by atoms with E-state index in [2.05, 4.69) is 24.1 Å². The molecule has 1 N–H and O–H groups in total. The zero-order valence-corrected chi connectivity index (χ0v) is 12.5. The molecule has 1 aliphatic rings. The van der Waals surface area contributed by atoms with Gasteiger partial charge >= 0.3 is 0 Å². The van der Waals surface area contributed by atoms with Crippen LogP contribution in [0, 0.1) is 5.41 Å². The van der Waals surface area contributed by atoms with Gasteiger partial charge in [0.2, 0.25) is 5.89 Å². The lowest BCUT2D eigenvalue weighted by Crippen LogP contribution is -2.39. The summed E-state index contributed by atoms with van der Waals surface area (Å²) in [5, 5.41) is 4.57. The van der Waals surface area contributed by atoms with Crippen molar-refractivity contribution in [1.82, 2.24) is 10.3 Å². The van der Waals surface area contributed by atoms with Crippen molar-refractivity contribution in [3.05, 3.63) is 28.1 Å². The van der Waals surface area contributed by atoms with Gasteiger partial charge in [0.05, 0.1) is 11.1 Å². The predicted octanol–water partition coefficient (Wildman–Crippen LogP) is 4.59. The number of benzene rings is 1. The molecule has 1 unspecified atom stereocenters. The van der Waals surface area contributed by atoms with Crippen LogP contribution in [0.25, 0.3) is 11.1 Å². The number of nitrogens with one attached hydrogen (secondary N) is 1. The maximum atomic E-state index is 6.15. The number of piperidine rings is 1. The molecule has 1 fully saturated rings. The first-order valence-corrected chi connectivity index (χ1v) is 7.22. The molecule has 1 atom stereocenters. The number of aromatic nitrogens is 1. The Balaban J connectivity index is 2.08. The van der Waals surface area contributed by atoms with Gasteiger partial charge in [-0.1, -0.05) is 37.0 Å².